The van der Waals surface area contributed by atoms with Gasteiger partial charge in [-0.2, -0.15) is 5.10 Å². The Morgan fingerprint density at radius 2 is 1.81 bits per heavy atom. The van der Waals surface area contributed by atoms with Crippen molar-refractivity contribution in [2.75, 3.05) is 5.43 Å². The molecule has 0 radical (unpaired) electrons. The molecule has 8 nitrogen and oxygen atoms in total. The molecule has 0 spiro atoms. The molecule has 1 amide bonds. The van der Waals surface area contributed by atoms with Crippen LogP contribution < -0.4 is 15.7 Å². The van der Waals surface area contributed by atoms with Crippen molar-refractivity contribution in [1.82, 2.24) is 19.4 Å². The van der Waals surface area contributed by atoms with Crippen LogP contribution in [0.4, 0.5) is 0 Å². The van der Waals surface area contributed by atoms with Gasteiger partial charge in [0.1, 0.15) is 17.5 Å². The van der Waals surface area contributed by atoms with Crippen LogP contribution in [0.3, 0.4) is 0 Å². The number of nitrogens with one attached hydrogen (secondary N) is 1. The van der Waals surface area contributed by atoms with Crippen LogP contribution >= 0.6 is 11.6 Å². The normalized spacial score (nSPS) is 11.5. The van der Waals surface area contributed by atoms with Crippen molar-refractivity contribution < 1.29 is 9.53 Å². The molecule has 4 rings (SSSR count). The molecule has 2 aromatic carbocycles. The number of amides is 1. The highest BCUT2D eigenvalue weighted by atomic mass is 35.5. The summed E-state index contributed by atoms with van der Waals surface area (Å²) in [4.78, 5) is 30.1. The molecule has 0 aliphatic rings. The molecule has 2 aromatic heterocycles. The van der Waals surface area contributed by atoms with Crippen LogP contribution in [0, 0.1) is 13.8 Å². The first-order valence-corrected chi connectivity index (χ1v) is 10.3. The molecule has 0 bridgehead atoms. The maximum atomic E-state index is 13.0. The quantitative estimate of drug-likeness (QED) is 0.498. The number of hydrogen-bond acceptors (Lipinski definition) is 5. The van der Waals surface area contributed by atoms with E-state index in [4.69, 9.17) is 16.3 Å². The number of fused-ring (bicyclic) bond motifs is 1. The van der Waals surface area contributed by atoms with E-state index in [0.717, 1.165) is 21.5 Å². The molecule has 0 atom stereocenters. The highest BCUT2D eigenvalue weighted by Gasteiger charge is 2.31. The average Bonchev–Trinajstić information content (AvgIpc) is 3.18. The van der Waals surface area contributed by atoms with Crippen molar-refractivity contribution in [3.8, 4) is 11.4 Å². The minimum Gasteiger partial charge on any atom is -0.478 e. The number of nitrogens with zero attached hydrogens (tertiary/aromatic N) is 4. The van der Waals surface area contributed by atoms with E-state index in [9.17, 15) is 9.59 Å². The number of hydrogen-bond donors (Lipinski definition) is 1. The summed E-state index contributed by atoms with van der Waals surface area (Å²) in [7, 11) is 0. The van der Waals surface area contributed by atoms with Gasteiger partial charge in [0, 0.05) is 5.02 Å². The maximum absolute atomic E-state index is 13.0. The van der Waals surface area contributed by atoms with Gasteiger partial charge in [-0.1, -0.05) is 17.7 Å². The lowest BCUT2D eigenvalue weighted by molar-refractivity contribution is -0.129. The van der Waals surface area contributed by atoms with Crippen LogP contribution in [0.2, 0.25) is 5.02 Å². The van der Waals surface area contributed by atoms with Crippen LogP contribution in [-0.2, 0) is 4.79 Å². The Labute approximate surface area is 189 Å². The van der Waals surface area contributed by atoms with Crippen LogP contribution in [0.15, 0.2) is 59.8 Å². The van der Waals surface area contributed by atoms with Gasteiger partial charge in [0.2, 0.25) is 0 Å². The molecule has 32 heavy (non-hydrogen) atoms. The van der Waals surface area contributed by atoms with Crippen molar-refractivity contribution in [3.63, 3.8) is 0 Å². The number of benzene rings is 2. The summed E-state index contributed by atoms with van der Waals surface area (Å²) in [5.41, 5.74) is 4.32. The summed E-state index contributed by atoms with van der Waals surface area (Å²) in [6.45, 7) is 7.24. The summed E-state index contributed by atoms with van der Waals surface area (Å²) in [6.07, 6.45) is 2.71. The molecule has 9 heteroatoms. The third kappa shape index (κ3) is 4.09. The lowest BCUT2D eigenvalue weighted by Gasteiger charge is -2.25. The van der Waals surface area contributed by atoms with E-state index in [0.29, 0.717) is 16.4 Å². The predicted octanol–water partition coefficient (Wildman–Crippen LogP) is 3.78. The number of ether oxygens (including phenoxy) is 1. The van der Waals surface area contributed by atoms with Crippen molar-refractivity contribution in [2.24, 2.45) is 0 Å². The molecule has 0 saturated carbocycles. The zero-order valence-corrected chi connectivity index (χ0v) is 18.8. The predicted molar refractivity (Wildman–Crippen MR) is 123 cm³/mol. The largest absolute Gasteiger partial charge is 0.478 e. The standard InChI is InChI=1S/C23H22ClN5O3/c1-14-5-8-17(11-15(14)2)29-20-19(12-26-29)21(30)28(13-25-20)27-22(31)23(3,4)32-18-9-6-16(24)7-10-18/h5-13H,1-4H3,(H,27,31). The summed E-state index contributed by atoms with van der Waals surface area (Å²) in [5, 5.41) is 5.16. The van der Waals surface area contributed by atoms with Crippen LogP contribution in [0.1, 0.15) is 25.0 Å². The Morgan fingerprint density at radius 3 is 2.50 bits per heavy atom. The Hall–Kier alpha value is -3.65. The molecular weight excluding hydrogens is 430 g/mol. The zero-order valence-electron chi connectivity index (χ0n) is 18.1. The van der Waals surface area contributed by atoms with E-state index in [1.54, 1.807) is 42.8 Å². The first-order chi connectivity index (χ1) is 15.2. The average molecular weight is 452 g/mol. The fourth-order valence-electron chi connectivity index (χ4n) is 3.13. The third-order valence-corrected chi connectivity index (χ3v) is 5.43. The van der Waals surface area contributed by atoms with Gasteiger partial charge in [-0.25, -0.2) is 14.3 Å². The van der Waals surface area contributed by atoms with E-state index in [-0.39, 0.29) is 5.39 Å². The first kappa shape index (κ1) is 21.6. The van der Waals surface area contributed by atoms with E-state index in [2.05, 4.69) is 15.5 Å². The highest BCUT2D eigenvalue weighted by molar-refractivity contribution is 6.30. The monoisotopic (exact) mass is 451 g/mol. The maximum Gasteiger partial charge on any atom is 0.283 e. The highest BCUT2D eigenvalue weighted by Crippen LogP contribution is 2.21. The molecule has 0 aliphatic carbocycles. The molecule has 2 heterocycles. The van der Waals surface area contributed by atoms with Crippen molar-refractivity contribution in [2.45, 2.75) is 33.3 Å². The minimum atomic E-state index is -1.26. The molecule has 164 valence electrons. The van der Waals surface area contributed by atoms with Gasteiger partial charge in [-0.05, 0) is 75.2 Å². The van der Waals surface area contributed by atoms with Crippen molar-refractivity contribution in [3.05, 3.63) is 81.5 Å². The smallest absolute Gasteiger partial charge is 0.283 e. The summed E-state index contributed by atoms with van der Waals surface area (Å²) in [6, 6.07) is 12.5. The second kappa shape index (κ2) is 8.12. The van der Waals surface area contributed by atoms with E-state index >= 15 is 0 Å². The second-order valence-electron chi connectivity index (χ2n) is 7.99. The molecule has 0 fully saturated rings. The SMILES string of the molecule is Cc1ccc(-n2ncc3c(=O)n(NC(=O)C(C)(C)Oc4ccc(Cl)cc4)cnc32)cc1C. The molecular formula is C23H22ClN5O3. The Kier molecular flexibility index (Phi) is 5.48. The van der Waals surface area contributed by atoms with E-state index in [1.165, 1.54) is 12.5 Å². The van der Waals surface area contributed by atoms with E-state index < -0.39 is 17.1 Å². The fourth-order valence-corrected chi connectivity index (χ4v) is 3.25. The Morgan fingerprint density at radius 1 is 1.09 bits per heavy atom. The van der Waals surface area contributed by atoms with Crippen molar-refractivity contribution >= 4 is 28.5 Å². The van der Waals surface area contributed by atoms with Gasteiger partial charge in [-0.3, -0.25) is 15.0 Å². The van der Waals surface area contributed by atoms with Gasteiger partial charge in [0.15, 0.2) is 11.2 Å². The molecule has 1 N–H and O–H groups in total. The lowest BCUT2D eigenvalue weighted by atomic mass is 10.1. The Bertz CT molecular complexity index is 1370. The van der Waals surface area contributed by atoms with Gasteiger partial charge >= 0.3 is 0 Å². The van der Waals surface area contributed by atoms with Gasteiger partial charge in [0.25, 0.3) is 11.5 Å². The summed E-state index contributed by atoms with van der Waals surface area (Å²) >= 11 is 5.89. The number of carbonyl (C=O) groups excluding carboxylic acids is 1. The zero-order chi connectivity index (χ0) is 23.0. The number of aromatic nitrogens is 4. The number of halogens is 1. The van der Waals surface area contributed by atoms with E-state index in [1.807, 2.05) is 32.0 Å². The molecule has 4 aromatic rings. The van der Waals surface area contributed by atoms with Gasteiger partial charge in [-0.15, -0.1) is 0 Å². The molecule has 0 saturated heterocycles. The minimum absolute atomic E-state index is 0.280. The van der Waals surface area contributed by atoms with Gasteiger partial charge in [0.05, 0.1) is 11.9 Å². The third-order valence-electron chi connectivity index (χ3n) is 5.18. The van der Waals surface area contributed by atoms with Crippen molar-refractivity contribution in [1.29, 1.82) is 0 Å². The van der Waals surface area contributed by atoms with Gasteiger partial charge < -0.3 is 4.74 Å². The summed E-state index contributed by atoms with van der Waals surface area (Å²) < 4.78 is 8.41. The number of aryl methyl sites for hydroxylation is 2. The fraction of sp³-hybridized carbons (Fsp3) is 0.217. The number of rotatable bonds is 5. The molecule has 0 unspecified atom stereocenters. The van der Waals surface area contributed by atoms with Crippen LogP contribution in [0.5, 0.6) is 5.75 Å². The molecule has 0 aliphatic heterocycles. The topological polar surface area (TPSA) is 91.0 Å². The van der Waals surface area contributed by atoms with Crippen LogP contribution in [-0.4, -0.2) is 30.9 Å². The Balaban J connectivity index is 1.60. The van der Waals surface area contributed by atoms with Crippen LogP contribution in [0.25, 0.3) is 16.7 Å². The lowest BCUT2D eigenvalue weighted by Crippen LogP contribution is -2.47. The summed E-state index contributed by atoms with van der Waals surface area (Å²) in [5.74, 6) is -0.0395. The number of carbonyl (C=O) groups is 1. The second-order valence-corrected chi connectivity index (χ2v) is 8.43. The first-order valence-electron chi connectivity index (χ1n) is 9.95.